The second kappa shape index (κ2) is 6.02. The van der Waals surface area contributed by atoms with Gasteiger partial charge in [0.25, 0.3) is 0 Å². The Kier molecular flexibility index (Phi) is 4.66. The first kappa shape index (κ1) is 12.4. The van der Waals surface area contributed by atoms with Gasteiger partial charge in [0.1, 0.15) is 0 Å². The van der Waals surface area contributed by atoms with E-state index < -0.39 is 18.0 Å². The second-order valence-corrected chi connectivity index (χ2v) is 3.21. The summed E-state index contributed by atoms with van der Waals surface area (Å²) in [6.07, 6.45) is -0.218. The number of carbonyl (C=O) groups excluding carboxylic acids is 2. The Morgan fingerprint density at radius 3 is 2.38 bits per heavy atom. The van der Waals surface area contributed by atoms with Crippen molar-refractivity contribution in [2.24, 2.45) is 0 Å². The highest BCUT2D eigenvalue weighted by Gasteiger charge is 2.21. The maximum atomic E-state index is 11.5. The third kappa shape index (κ3) is 3.17. The zero-order valence-corrected chi connectivity index (χ0v) is 9.30. The average molecular weight is 222 g/mol. The van der Waals surface area contributed by atoms with E-state index in [1.54, 1.807) is 37.3 Å². The van der Waals surface area contributed by atoms with Gasteiger partial charge in [-0.1, -0.05) is 25.1 Å². The van der Waals surface area contributed by atoms with Gasteiger partial charge in [0.15, 0.2) is 6.10 Å². The van der Waals surface area contributed by atoms with Gasteiger partial charge in [-0.25, -0.2) is 9.59 Å². The maximum absolute atomic E-state index is 11.5. The van der Waals surface area contributed by atoms with E-state index in [-0.39, 0.29) is 0 Å². The predicted octanol–water partition coefficient (Wildman–Crippen LogP) is 1.79. The van der Waals surface area contributed by atoms with Crippen molar-refractivity contribution < 1.29 is 19.1 Å². The predicted molar refractivity (Wildman–Crippen MR) is 58.0 cm³/mol. The molecule has 0 saturated heterocycles. The Labute approximate surface area is 94.2 Å². The molecule has 0 aliphatic carbocycles. The molecule has 1 atom stereocenters. The van der Waals surface area contributed by atoms with Gasteiger partial charge in [-0.2, -0.15) is 0 Å². The molecule has 1 rings (SSSR count). The number of rotatable bonds is 4. The van der Waals surface area contributed by atoms with Crippen molar-refractivity contribution in [1.29, 1.82) is 0 Å². The fraction of sp³-hybridized carbons (Fsp3) is 0.333. The van der Waals surface area contributed by atoms with Crippen LogP contribution in [0.3, 0.4) is 0 Å². The van der Waals surface area contributed by atoms with Gasteiger partial charge in [-0.3, -0.25) is 0 Å². The van der Waals surface area contributed by atoms with Crippen molar-refractivity contribution in [2.45, 2.75) is 19.4 Å². The summed E-state index contributed by atoms with van der Waals surface area (Å²) < 4.78 is 9.55. The van der Waals surface area contributed by atoms with Crippen LogP contribution in [0.25, 0.3) is 0 Å². The quantitative estimate of drug-likeness (QED) is 0.575. The Morgan fingerprint density at radius 1 is 1.25 bits per heavy atom. The normalized spacial score (nSPS) is 11.9. The van der Waals surface area contributed by atoms with Crippen molar-refractivity contribution in [2.75, 3.05) is 7.11 Å². The van der Waals surface area contributed by atoms with Gasteiger partial charge >= 0.3 is 11.9 Å². The van der Waals surface area contributed by atoms with Crippen LogP contribution in [0.1, 0.15) is 23.7 Å². The van der Waals surface area contributed by atoms with Crippen molar-refractivity contribution in [1.82, 2.24) is 0 Å². The van der Waals surface area contributed by atoms with E-state index in [1.165, 1.54) is 7.11 Å². The average Bonchev–Trinajstić information content (AvgIpc) is 2.31. The fourth-order valence-electron chi connectivity index (χ4n) is 1.22. The highest BCUT2D eigenvalue weighted by atomic mass is 16.6. The standard InChI is InChI=1S/C12H14O4/c1-3-10(15-2)12(14)16-11(13)9-7-5-4-6-8-9/h4-8,10H,3H2,1-2H3. The Balaban J connectivity index is 2.62. The molecule has 0 N–H and O–H groups in total. The summed E-state index contributed by atoms with van der Waals surface area (Å²) in [5.41, 5.74) is 0.349. The van der Waals surface area contributed by atoms with Gasteiger partial charge in [-0.05, 0) is 18.6 Å². The van der Waals surface area contributed by atoms with E-state index in [0.717, 1.165) is 0 Å². The van der Waals surface area contributed by atoms with Crippen molar-refractivity contribution >= 4 is 11.9 Å². The second-order valence-electron chi connectivity index (χ2n) is 3.21. The molecule has 0 saturated carbocycles. The van der Waals surface area contributed by atoms with E-state index in [2.05, 4.69) is 4.74 Å². The largest absolute Gasteiger partial charge is 0.387 e. The molecular formula is C12H14O4. The summed E-state index contributed by atoms with van der Waals surface area (Å²) in [7, 11) is 1.41. The summed E-state index contributed by atoms with van der Waals surface area (Å²) in [6, 6.07) is 8.36. The van der Waals surface area contributed by atoms with Crippen LogP contribution in [0, 0.1) is 0 Å². The van der Waals surface area contributed by atoms with Crippen LogP contribution in [0.2, 0.25) is 0 Å². The summed E-state index contributed by atoms with van der Waals surface area (Å²) in [6.45, 7) is 1.78. The molecule has 0 aromatic heterocycles. The lowest BCUT2D eigenvalue weighted by molar-refractivity contribution is -0.149. The molecule has 1 unspecified atom stereocenters. The SMILES string of the molecule is CCC(OC)C(=O)OC(=O)c1ccccc1. The number of carbonyl (C=O) groups is 2. The molecule has 0 aliphatic rings. The third-order valence-electron chi connectivity index (χ3n) is 2.12. The molecule has 4 nitrogen and oxygen atoms in total. The molecule has 4 heteroatoms. The molecule has 0 bridgehead atoms. The Hall–Kier alpha value is -1.68. The van der Waals surface area contributed by atoms with E-state index in [9.17, 15) is 9.59 Å². The number of esters is 2. The van der Waals surface area contributed by atoms with Gasteiger partial charge < -0.3 is 9.47 Å². The fourth-order valence-corrected chi connectivity index (χ4v) is 1.22. The highest BCUT2D eigenvalue weighted by molar-refractivity contribution is 5.97. The zero-order valence-electron chi connectivity index (χ0n) is 9.30. The van der Waals surface area contributed by atoms with Crippen LogP contribution in [-0.2, 0) is 14.3 Å². The first-order valence-electron chi connectivity index (χ1n) is 5.03. The zero-order chi connectivity index (χ0) is 12.0. The summed E-state index contributed by atoms with van der Waals surface area (Å²) >= 11 is 0. The van der Waals surface area contributed by atoms with Crippen LogP contribution in [0.4, 0.5) is 0 Å². The lowest BCUT2D eigenvalue weighted by Crippen LogP contribution is -2.27. The molecule has 0 heterocycles. The minimum absolute atomic E-state index is 0.349. The number of methoxy groups -OCH3 is 1. The van der Waals surface area contributed by atoms with Crippen LogP contribution >= 0.6 is 0 Å². The van der Waals surface area contributed by atoms with E-state index in [1.807, 2.05) is 0 Å². The molecule has 0 spiro atoms. The molecule has 1 aromatic carbocycles. The summed E-state index contributed by atoms with van der Waals surface area (Å²) in [4.78, 5) is 22.9. The monoisotopic (exact) mass is 222 g/mol. The first-order valence-corrected chi connectivity index (χ1v) is 5.03. The lowest BCUT2D eigenvalue weighted by Gasteiger charge is -2.10. The number of ether oxygens (including phenoxy) is 2. The molecule has 1 aromatic rings. The van der Waals surface area contributed by atoms with Gasteiger partial charge in [0.2, 0.25) is 0 Å². The molecule has 0 aliphatic heterocycles. The first-order chi connectivity index (χ1) is 7.69. The minimum atomic E-state index is -0.687. The van der Waals surface area contributed by atoms with E-state index in [0.29, 0.717) is 12.0 Å². The Morgan fingerprint density at radius 2 is 1.88 bits per heavy atom. The molecular weight excluding hydrogens is 208 g/mol. The number of hydrogen-bond acceptors (Lipinski definition) is 4. The van der Waals surface area contributed by atoms with Crippen molar-refractivity contribution in [3.05, 3.63) is 35.9 Å². The number of benzene rings is 1. The molecule has 0 radical (unpaired) electrons. The van der Waals surface area contributed by atoms with Crippen LogP contribution in [0.15, 0.2) is 30.3 Å². The Bertz CT molecular complexity index is 355. The van der Waals surface area contributed by atoms with Crippen LogP contribution in [0.5, 0.6) is 0 Å². The third-order valence-corrected chi connectivity index (χ3v) is 2.12. The van der Waals surface area contributed by atoms with Crippen LogP contribution < -0.4 is 0 Å². The van der Waals surface area contributed by atoms with Crippen molar-refractivity contribution in [3.8, 4) is 0 Å². The molecule has 86 valence electrons. The minimum Gasteiger partial charge on any atom is -0.387 e. The smallest absolute Gasteiger partial charge is 0.345 e. The van der Waals surface area contributed by atoms with Crippen LogP contribution in [-0.4, -0.2) is 25.2 Å². The van der Waals surface area contributed by atoms with E-state index >= 15 is 0 Å². The summed E-state index contributed by atoms with van der Waals surface area (Å²) in [5, 5.41) is 0. The number of hydrogen-bond donors (Lipinski definition) is 0. The van der Waals surface area contributed by atoms with Gasteiger partial charge in [0.05, 0.1) is 5.56 Å². The topological polar surface area (TPSA) is 52.6 Å². The van der Waals surface area contributed by atoms with Gasteiger partial charge in [-0.15, -0.1) is 0 Å². The van der Waals surface area contributed by atoms with Gasteiger partial charge in [0, 0.05) is 7.11 Å². The lowest BCUT2D eigenvalue weighted by atomic mass is 10.2. The highest BCUT2D eigenvalue weighted by Crippen LogP contribution is 2.05. The molecule has 0 amide bonds. The van der Waals surface area contributed by atoms with E-state index in [4.69, 9.17) is 4.74 Å². The molecule has 0 fully saturated rings. The summed E-state index contributed by atoms with van der Waals surface area (Å²) in [5.74, 6) is -1.31. The molecule has 16 heavy (non-hydrogen) atoms. The maximum Gasteiger partial charge on any atom is 0.345 e. The van der Waals surface area contributed by atoms with Crippen molar-refractivity contribution in [3.63, 3.8) is 0 Å².